The van der Waals surface area contributed by atoms with Crippen molar-refractivity contribution in [3.63, 3.8) is 0 Å². The molecule has 0 saturated carbocycles. The van der Waals surface area contributed by atoms with Crippen molar-refractivity contribution in [3.05, 3.63) is 63.6 Å². The molecule has 0 saturated heterocycles. The number of hydrogen-bond acceptors (Lipinski definition) is 3. The molecule has 0 amide bonds. The first kappa shape index (κ1) is 12.0. The number of nitrogens with zero attached hydrogens (tertiary/aromatic N) is 2. The van der Waals surface area contributed by atoms with E-state index in [-0.39, 0.29) is 11.4 Å². The van der Waals surface area contributed by atoms with Crippen LogP contribution < -0.4 is 0 Å². The summed E-state index contributed by atoms with van der Waals surface area (Å²) in [6.07, 6.45) is 0. The molecule has 1 aromatic carbocycles. The van der Waals surface area contributed by atoms with E-state index in [1.54, 1.807) is 6.92 Å². The quantitative estimate of drug-likeness (QED) is 0.606. The van der Waals surface area contributed by atoms with Crippen molar-refractivity contribution < 1.29 is 14.1 Å². The van der Waals surface area contributed by atoms with Gasteiger partial charge in [0, 0.05) is 6.07 Å². The van der Waals surface area contributed by atoms with Crippen LogP contribution in [0.5, 0.6) is 0 Å². The van der Waals surface area contributed by atoms with Gasteiger partial charge >= 0.3 is 11.7 Å². The van der Waals surface area contributed by atoms with Crippen LogP contribution in [0.3, 0.4) is 0 Å². The highest BCUT2D eigenvalue weighted by atomic mass is 19.1. The summed E-state index contributed by atoms with van der Waals surface area (Å²) in [6.45, 7) is 1.59. The van der Waals surface area contributed by atoms with E-state index in [1.807, 2.05) is 0 Å². The van der Waals surface area contributed by atoms with E-state index in [0.29, 0.717) is 5.69 Å². The Morgan fingerprint density at radius 2 is 1.83 bits per heavy atom. The van der Waals surface area contributed by atoms with Crippen molar-refractivity contribution in [3.8, 4) is 0 Å². The lowest BCUT2D eigenvalue weighted by Crippen LogP contribution is -2.15. The predicted molar refractivity (Wildman–Crippen MR) is 62.0 cm³/mol. The summed E-state index contributed by atoms with van der Waals surface area (Å²) in [6, 6.07) is 7.60. The highest BCUT2D eigenvalue weighted by Gasteiger charge is 2.24. The molecule has 0 bridgehead atoms. The van der Waals surface area contributed by atoms with Crippen molar-refractivity contribution in [1.29, 1.82) is 0 Å². The molecule has 2 aromatic rings. The highest BCUT2D eigenvalue weighted by molar-refractivity contribution is 5.97. The van der Waals surface area contributed by atoms with Crippen molar-refractivity contribution in [2.45, 2.75) is 6.92 Å². The summed E-state index contributed by atoms with van der Waals surface area (Å²) < 4.78 is 13.7. The number of carbonyl (C=O) groups excluding carboxylic acids is 1. The van der Waals surface area contributed by atoms with Crippen molar-refractivity contribution in [1.82, 2.24) is 4.57 Å². The minimum absolute atomic E-state index is 0.193. The molecule has 0 aliphatic heterocycles. The van der Waals surface area contributed by atoms with Crippen LogP contribution in [-0.4, -0.2) is 15.4 Å². The van der Waals surface area contributed by atoms with Crippen LogP contribution in [0.4, 0.5) is 10.2 Å². The lowest BCUT2D eigenvalue weighted by Gasteiger charge is -2.02. The summed E-state index contributed by atoms with van der Waals surface area (Å²) in [7, 11) is 0. The maximum Gasteiger partial charge on any atom is 0.346 e. The Labute approximate surface area is 102 Å². The zero-order valence-corrected chi connectivity index (χ0v) is 9.46. The molecule has 0 aliphatic carbocycles. The first-order chi connectivity index (χ1) is 8.50. The maximum atomic E-state index is 12.8. The topological polar surface area (TPSA) is 65.1 Å². The van der Waals surface area contributed by atoms with E-state index in [0.717, 1.165) is 16.7 Å². The predicted octanol–water partition coefficient (Wildman–Crippen LogP) is 2.53. The Balaban J connectivity index is 2.49. The Hall–Kier alpha value is -2.50. The largest absolute Gasteiger partial charge is 0.358 e. The van der Waals surface area contributed by atoms with Gasteiger partial charge in [0.15, 0.2) is 0 Å². The number of hydrogen-bond donors (Lipinski definition) is 0. The zero-order valence-electron chi connectivity index (χ0n) is 9.46. The maximum absolute atomic E-state index is 12.8. The zero-order chi connectivity index (χ0) is 13.3. The fourth-order valence-corrected chi connectivity index (χ4v) is 1.65. The monoisotopic (exact) mass is 248 g/mol. The third-order valence-electron chi connectivity index (χ3n) is 2.54. The molecule has 0 fully saturated rings. The number of aromatic nitrogens is 1. The van der Waals surface area contributed by atoms with Crippen LogP contribution in [0.15, 0.2) is 36.4 Å². The van der Waals surface area contributed by atoms with Crippen LogP contribution in [0.2, 0.25) is 0 Å². The highest BCUT2D eigenvalue weighted by Crippen LogP contribution is 2.18. The van der Waals surface area contributed by atoms with Crippen LogP contribution in [0, 0.1) is 22.9 Å². The van der Waals surface area contributed by atoms with Gasteiger partial charge in [-0.1, -0.05) is 0 Å². The van der Waals surface area contributed by atoms with Gasteiger partial charge in [0.2, 0.25) is 0 Å². The molecule has 18 heavy (non-hydrogen) atoms. The van der Waals surface area contributed by atoms with Gasteiger partial charge in [0.25, 0.3) is 0 Å². The van der Waals surface area contributed by atoms with Crippen molar-refractivity contribution >= 4 is 11.7 Å². The van der Waals surface area contributed by atoms with Gasteiger partial charge in [0.05, 0.1) is 5.56 Å². The van der Waals surface area contributed by atoms with Gasteiger partial charge in [-0.15, -0.1) is 0 Å². The summed E-state index contributed by atoms with van der Waals surface area (Å²) in [5.41, 5.74) is 0.648. The van der Waals surface area contributed by atoms with E-state index in [4.69, 9.17) is 0 Å². The summed E-state index contributed by atoms with van der Waals surface area (Å²) in [5, 5.41) is 10.8. The Kier molecular flexibility index (Phi) is 2.93. The smallest absolute Gasteiger partial charge is 0.346 e. The minimum Gasteiger partial charge on any atom is -0.358 e. The van der Waals surface area contributed by atoms with Gasteiger partial charge in [-0.05, 0) is 42.2 Å². The average Bonchev–Trinajstić information content (AvgIpc) is 2.71. The van der Waals surface area contributed by atoms with Gasteiger partial charge in [0.1, 0.15) is 11.5 Å². The molecule has 0 spiro atoms. The Morgan fingerprint density at radius 1 is 1.22 bits per heavy atom. The number of benzene rings is 1. The van der Waals surface area contributed by atoms with Gasteiger partial charge < -0.3 is 10.1 Å². The van der Waals surface area contributed by atoms with E-state index >= 15 is 0 Å². The van der Waals surface area contributed by atoms with Crippen molar-refractivity contribution in [2.24, 2.45) is 0 Å². The molecule has 92 valence electrons. The number of rotatable bonds is 2. The lowest BCUT2D eigenvalue weighted by atomic mass is 10.2. The van der Waals surface area contributed by atoms with Crippen LogP contribution in [0.25, 0.3) is 0 Å². The SMILES string of the molecule is Cc1ccc([N+](=O)[O-])n1C(=O)c1ccc(F)cc1. The molecular formula is C12H9FN2O3. The van der Waals surface area contributed by atoms with E-state index in [2.05, 4.69) is 0 Å². The summed E-state index contributed by atoms with van der Waals surface area (Å²) in [5.74, 6) is -1.32. The van der Waals surface area contributed by atoms with Crippen LogP contribution >= 0.6 is 0 Å². The molecule has 6 heteroatoms. The Bertz CT molecular complexity index is 617. The number of nitro groups is 1. The third kappa shape index (κ3) is 2.00. The molecule has 5 nitrogen and oxygen atoms in total. The molecule has 0 unspecified atom stereocenters. The second kappa shape index (κ2) is 4.40. The molecule has 1 heterocycles. The normalized spacial score (nSPS) is 10.3. The van der Waals surface area contributed by atoms with Gasteiger partial charge in [-0.3, -0.25) is 0 Å². The number of carbonyl (C=O) groups is 1. The van der Waals surface area contributed by atoms with Gasteiger partial charge in [-0.2, -0.15) is 4.57 Å². The van der Waals surface area contributed by atoms with E-state index in [1.165, 1.54) is 24.3 Å². The second-order valence-electron chi connectivity index (χ2n) is 3.74. The molecular weight excluding hydrogens is 239 g/mol. The molecule has 0 aliphatic rings. The van der Waals surface area contributed by atoms with E-state index in [9.17, 15) is 19.3 Å². The molecule has 2 rings (SSSR count). The van der Waals surface area contributed by atoms with Gasteiger partial charge in [-0.25, -0.2) is 9.18 Å². The van der Waals surface area contributed by atoms with Crippen molar-refractivity contribution in [2.75, 3.05) is 0 Å². The molecule has 0 N–H and O–H groups in total. The fraction of sp³-hybridized carbons (Fsp3) is 0.0833. The van der Waals surface area contributed by atoms with Crippen LogP contribution in [0.1, 0.15) is 16.1 Å². The Morgan fingerprint density at radius 3 is 2.39 bits per heavy atom. The fourth-order valence-electron chi connectivity index (χ4n) is 1.65. The number of halogens is 1. The first-order valence-corrected chi connectivity index (χ1v) is 5.13. The molecule has 0 radical (unpaired) electrons. The second-order valence-corrected chi connectivity index (χ2v) is 3.74. The lowest BCUT2D eigenvalue weighted by molar-refractivity contribution is -0.390. The van der Waals surface area contributed by atoms with E-state index < -0.39 is 16.6 Å². The third-order valence-corrected chi connectivity index (χ3v) is 2.54. The standard InChI is InChI=1S/C12H9FN2O3/c1-8-2-7-11(15(17)18)14(8)12(16)9-3-5-10(13)6-4-9/h2-7H,1H3. The molecule has 0 atom stereocenters. The number of aryl methyl sites for hydroxylation is 1. The average molecular weight is 248 g/mol. The minimum atomic E-state index is -0.631. The first-order valence-electron chi connectivity index (χ1n) is 5.13. The summed E-state index contributed by atoms with van der Waals surface area (Å²) >= 11 is 0. The molecule has 1 aromatic heterocycles. The summed E-state index contributed by atoms with van der Waals surface area (Å²) in [4.78, 5) is 22.3. The van der Waals surface area contributed by atoms with Crippen LogP contribution in [-0.2, 0) is 0 Å².